The van der Waals surface area contributed by atoms with Crippen LogP contribution in [-0.2, 0) is 5.66 Å². The van der Waals surface area contributed by atoms with E-state index in [2.05, 4.69) is 74.4 Å². The molecule has 4 fully saturated rings. The molecule has 1 N–H and O–H groups in total. The van der Waals surface area contributed by atoms with Crippen LogP contribution in [0.5, 0.6) is 0 Å². The van der Waals surface area contributed by atoms with Gasteiger partial charge in [-0.3, -0.25) is 14.6 Å². The van der Waals surface area contributed by atoms with Gasteiger partial charge in [0.05, 0.1) is 0 Å². The van der Waals surface area contributed by atoms with Gasteiger partial charge in [0.1, 0.15) is 5.66 Å². The first-order valence-corrected chi connectivity index (χ1v) is 17.2. The van der Waals surface area contributed by atoms with Gasteiger partial charge in [-0.2, -0.15) is 0 Å². The van der Waals surface area contributed by atoms with Gasteiger partial charge in [0.15, 0.2) is 0 Å². The molecule has 4 aliphatic rings. The third-order valence-electron chi connectivity index (χ3n) is 11.2. The van der Waals surface area contributed by atoms with Crippen molar-refractivity contribution in [2.24, 2.45) is 5.92 Å². The molecule has 5 nitrogen and oxygen atoms in total. The van der Waals surface area contributed by atoms with Crippen molar-refractivity contribution in [2.75, 3.05) is 39.3 Å². The Morgan fingerprint density at radius 2 is 1.31 bits per heavy atom. The summed E-state index contributed by atoms with van der Waals surface area (Å²) in [6, 6.07) is 17.4. The maximum Gasteiger partial charge on any atom is 0.253 e. The van der Waals surface area contributed by atoms with Crippen molar-refractivity contribution >= 4 is 16.8 Å². The van der Waals surface area contributed by atoms with Crippen molar-refractivity contribution in [3.8, 4) is 0 Å². The summed E-state index contributed by atoms with van der Waals surface area (Å²) in [6.45, 7) is 6.48. The number of nitrogens with one attached hydrogen (secondary N) is 1. The Morgan fingerprint density at radius 1 is 0.690 bits per heavy atom. The minimum absolute atomic E-state index is 0.0317. The SMILES string of the molecule is O=C(c1ccc2c(C(C3CCC3)(N3CCCCCC3)N3CCCCCC3)c[nH]c2c1)N1CCC(c2ccccc2)CC1. The van der Waals surface area contributed by atoms with Gasteiger partial charge in [0.25, 0.3) is 5.91 Å². The molecule has 3 saturated heterocycles. The third-order valence-corrected chi connectivity index (χ3v) is 11.2. The zero-order valence-electron chi connectivity index (χ0n) is 25.5. The molecular weight excluding hydrogens is 516 g/mol. The lowest BCUT2D eigenvalue weighted by molar-refractivity contribution is -0.128. The van der Waals surface area contributed by atoms with Crippen molar-refractivity contribution in [2.45, 2.75) is 95.1 Å². The van der Waals surface area contributed by atoms with Gasteiger partial charge in [-0.25, -0.2) is 0 Å². The molecule has 4 heterocycles. The smallest absolute Gasteiger partial charge is 0.253 e. The van der Waals surface area contributed by atoms with E-state index < -0.39 is 0 Å². The number of H-pyrrole nitrogens is 1. The van der Waals surface area contributed by atoms with Crippen molar-refractivity contribution in [1.82, 2.24) is 19.7 Å². The molecule has 0 bridgehead atoms. The molecule has 224 valence electrons. The lowest BCUT2D eigenvalue weighted by Gasteiger charge is -2.57. The van der Waals surface area contributed by atoms with Gasteiger partial charge in [0.2, 0.25) is 0 Å². The molecule has 0 atom stereocenters. The summed E-state index contributed by atoms with van der Waals surface area (Å²) in [5.74, 6) is 1.42. The van der Waals surface area contributed by atoms with E-state index in [1.807, 2.05) is 0 Å². The number of hydrogen-bond donors (Lipinski definition) is 1. The van der Waals surface area contributed by atoms with E-state index in [0.29, 0.717) is 11.8 Å². The fourth-order valence-corrected chi connectivity index (χ4v) is 8.80. The molecule has 42 heavy (non-hydrogen) atoms. The number of rotatable bonds is 6. The van der Waals surface area contributed by atoms with Crippen LogP contribution in [0.15, 0.2) is 54.7 Å². The van der Waals surface area contributed by atoms with Crippen LogP contribution in [0.1, 0.15) is 111 Å². The number of hydrogen-bond acceptors (Lipinski definition) is 3. The van der Waals surface area contributed by atoms with Crippen LogP contribution in [0.2, 0.25) is 0 Å². The minimum Gasteiger partial charge on any atom is -0.361 e. The molecule has 3 aliphatic heterocycles. The van der Waals surface area contributed by atoms with Crippen molar-refractivity contribution < 1.29 is 4.79 Å². The maximum absolute atomic E-state index is 13.7. The predicted molar refractivity (Wildman–Crippen MR) is 172 cm³/mol. The Labute approximate surface area is 252 Å². The van der Waals surface area contributed by atoms with Crippen molar-refractivity contribution in [3.63, 3.8) is 0 Å². The lowest BCUT2D eigenvalue weighted by atomic mass is 9.70. The van der Waals surface area contributed by atoms with Crippen LogP contribution >= 0.6 is 0 Å². The average Bonchev–Trinajstić information content (AvgIpc) is 3.19. The summed E-state index contributed by atoms with van der Waals surface area (Å²) in [7, 11) is 0. The van der Waals surface area contributed by atoms with Crippen LogP contribution in [0.3, 0.4) is 0 Å². The molecule has 7 rings (SSSR count). The molecule has 0 radical (unpaired) electrons. The summed E-state index contributed by atoms with van der Waals surface area (Å²) in [5, 5.41) is 1.33. The second-order valence-electron chi connectivity index (χ2n) is 13.6. The van der Waals surface area contributed by atoms with Crippen molar-refractivity contribution in [3.05, 3.63) is 71.4 Å². The highest BCUT2D eigenvalue weighted by Gasteiger charge is 2.52. The van der Waals surface area contributed by atoms with Crippen LogP contribution in [0, 0.1) is 5.92 Å². The number of aromatic amines is 1. The van der Waals surface area contributed by atoms with Gasteiger partial charge in [0, 0.05) is 67.5 Å². The first kappa shape index (κ1) is 28.2. The Hall–Kier alpha value is -2.63. The molecule has 1 saturated carbocycles. The highest BCUT2D eigenvalue weighted by Crippen LogP contribution is 2.51. The normalized spacial score (nSPS) is 22.5. The molecule has 0 spiro atoms. The zero-order valence-corrected chi connectivity index (χ0v) is 25.5. The largest absolute Gasteiger partial charge is 0.361 e. The number of carbonyl (C=O) groups is 1. The van der Waals surface area contributed by atoms with Crippen molar-refractivity contribution in [1.29, 1.82) is 0 Å². The maximum atomic E-state index is 13.7. The lowest BCUT2D eigenvalue weighted by Crippen LogP contribution is -2.64. The minimum atomic E-state index is -0.0317. The second-order valence-corrected chi connectivity index (χ2v) is 13.6. The van der Waals surface area contributed by atoms with Gasteiger partial charge >= 0.3 is 0 Å². The Morgan fingerprint density at radius 3 is 1.88 bits per heavy atom. The molecular formula is C37H50N4O. The topological polar surface area (TPSA) is 42.6 Å². The fraction of sp³-hybridized carbons (Fsp3) is 0.595. The number of benzene rings is 2. The van der Waals surface area contributed by atoms with E-state index in [0.717, 1.165) is 37.0 Å². The third kappa shape index (κ3) is 5.21. The Bertz CT molecular complexity index is 1300. The van der Waals surface area contributed by atoms with E-state index in [-0.39, 0.29) is 11.6 Å². The van der Waals surface area contributed by atoms with Gasteiger partial charge in [-0.1, -0.05) is 68.5 Å². The predicted octanol–water partition coefficient (Wildman–Crippen LogP) is 7.89. The molecule has 2 aromatic carbocycles. The first-order chi connectivity index (χ1) is 20.7. The summed E-state index contributed by atoms with van der Waals surface area (Å²) in [4.78, 5) is 25.4. The molecule has 3 aromatic rings. The zero-order chi connectivity index (χ0) is 28.4. The highest BCUT2D eigenvalue weighted by molar-refractivity contribution is 5.98. The summed E-state index contributed by atoms with van der Waals surface area (Å²) in [5.41, 5.74) is 4.81. The number of carbonyl (C=O) groups excluding carboxylic acids is 1. The number of amides is 1. The quantitative estimate of drug-likeness (QED) is 0.330. The highest BCUT2D eigenvalue weighted by atomic mass is 16.2. The van der Waals surface area contributed by atoms with Gasteiger partial charge in [-0.15, -0.1) is 0 Å². The second kappa shape index (κ2) is 12.5. The average molecular weight is 567 g/mol. The van der Waals surface area contributed by atoms with E-state index in [1.165, 1.54) is 113 Å². The molecule has 5 heteroatoms. The first-order valence-electron chi connectivity index (χ1n) is 17.2. The molecule has 1 amide bonds. The standard InChI is InChI=1S/C37H50N4O/c42-36(39-25-19-30(20-26-39)29-13-6-5-7-14-29)31-17-18-33-34(28-38-35(33)27-31)37(32-15-12-16-32,40-21-8-1-2-9-22-40)41-23-10-3-4-11-24-41/h5-7,13-14,17-18,27-28,30,32,38H,1-4,8-12,15-16,19-26H2. The molecule has 0 unspecified atom stereocenters. The molecule has 1 aliphatic carbocycles. The van der Waals surface area contributed by atoms with E-state index in [9.17, 15) is 4.79 Å². The Kier molecular flexibility index (Phi) is 8.41. The number of nitrogens with zero attached hydrogens (tertiary/aromatic N) is 3. The summed E-state index contributed by atoms with van der Waals surface area (Å²) >= 11 is 0. The monoisotopic (exact) mass is 566 g/mol. The van der Waals surface area contributed by atoms with Crippen LogP contribution in [0.25, 0.3) is 10.9 Å². The number of piperidine rings is 1. The van der Waals surface area contributed by atoms with Gasteiger partial charge < -0.3 is 9.88 Å². The molecule has 1 aromatic heterocycles. The number of likely N-dealkylation sites (tertiary alicyclic amines) is 3. The summed E-state index contributed by atoms with van der Waals surface area (Å²) in [6.07, 6.45) is 19.1. The van der Waals surface area contributed by atoms with E-state index in [4.69, 9.17) is 0 Å². The fourth-order valence-electron chi connectivity index (χ4n) is 8.80. The van der Waals surface area contributed by atoms with Gasteiger partial charge in [-0.05, 0) is 80.9 Å². The number of fused-ring (bicyclic) bond motifs is 1. The van der Waals surface area contributed by atoms with Crippen LogP contribution in [0.4, 0.5) is 0 Å². The van der Waals surface area contributed by atoms with E-state index in [1.54, 1.807) is 0 Å². The van der Waals surface area contributed by atoms with E-state index >= 15 is 0 Å². The van der Waals surface area contributed by atoms with Crippen LogP contribution < -0.4 is 0 Å². The van der Waals surface area contributed by atoms with Crippen LogP contribution in [-0.4, -0.2) is 64.9 Å². The summed E-state index contributed by atoms with van der Waals surface area (Å²) < 4.78 is 0. The Balaban J connectivity index is 1.19. The number of aromatic nitrogens is 1.